The summed E-state index contributed by atoms with van der Waals surface area (Å²) < 4.78 is 0. The highest BCUT2D eigenvalue weighted by Crippen LogP contribution is 2.28. The van der Waals surface area contributed by atoms with Gasteiger partial charge >= 0.3 is 0 Å². The van der Waals surface area contributed by atoms with Gasteiger partial charge in [0.15, 0.2) is 0 Å². The van der Waals surface area contributed by atoms with E-state index in [0.29, 0.717) is 12.1 Å². The maximum atomic E-state index is 6.20. The van der Waals surface area contributed by atoms with Gasteiger partial charge in [-0.15, -0.1) is 0 Å². The molecule has 0 amide bonds. The van der Waals surface area contributed by atoms with Crippen LogP contribution in [0.3, 0.4) is 0 Å². The van der Waals surface area contributed by atoms with Crippen LogP contribution in [0, 0.1) is 6.92 Å². The van der Waals surface area contributed by atoms with E-state index >= 15 is 0 Å². The zero-order chi connectivity index (χ0) is 12.4. The van der Waals surface area contributed by atoms with E-state index < -0.39 is 0 Å². The maximum absolute atomic E-state index is 6.20. The average Bonchev–Trinajstić information content (AvgIpc) is 2.32. The van der Waals surface area contributed by atoms with Crippen molar-refractivity contribution in [3.8, 4) is 0 Å². The molecule has 1 fully saturated rings. The first-order chi connectivity index (χ1) is 8.11. The minimum atomic E-state index is 0.569. The van der Waals surface area contributed by atoms with Crippen LogP contribution in [0.25, 0.3) is 0 Å². The largest absolute Gasteiger partial charge is 0.369 e. The SMILES string of the molecule is CNC1CCN(c2ccc(C)c(Cl)c2)C(C)C1. The van der Waals surface area contributed by atoms with Gasteiger partial charge in [-0.3, -0.25) is 0 Å². The third-order valence-electron chi connectivity index (χ3n) is 3.77. The number of anilines is 1. The van der Waals surface area contributed by atoms with Gasteiger partial charge in [-0.25, -0.2) is 0 Å². The molecule has 94 valence electrons. The third kappa shape index (κ3) is 2.75. The Kier molecular flexibility index (Phi) is 3.95. The summed E-state index contributed by atoms with van der Waals surface area (Å²) in [4.78, 5) is 2.46. The average molecular weight is 253 g/mol. The van der Waals surface area contributed by atoms with Crippen LogP contribution in [-0.2, 0) is 0 Å². The van der Waals surface area contributed by atoms with Crippen LogP contribution in [0.5, 0.6) is 0 Å². The molecule has 1 heterocycles. The van der Waals surface area contributed by atoms with E-state index in [1.165, 1.54) is 18.5 Å². The highest BCUT2D eigenvalue weighted by Gasteiger charge is 2.24. The first kappa shape index (κ1) is 12.7. The lowest BCUT2D eigenvalue weighted by atomic mass is 9.97. The molecule has 2 unspecified atom stereocenters. The normalized spacial score (nSPS) is 25.1. The van der Waals surface area contributed by atoms with Gasteiger partial charge in [-0.1, -0.05) is 17.7 Å². The lowest BCUT2D eigenvalue weighted by Gasteiger charge is -2.39. The fourth-order valence-electron chi connectivity index (χ4n) is 2.58. The van der Waals surface area contributed by atoms with Crippen LogP contribution in [0.2, 0.25) is 5.02 Å². The molecule has 1 aromatic carbocycles. The Labute approximate surface area is 109 Å². The van der Waals surface area contributed by atoms with Crippen molar-refractivity contribution < 1.29 is 0 Å². The summed E-state index contributed by atoms with van der Waals surface area (Å²) in [6, 6.07) is 7.60. The number of nitrogens with zero attached hydrogens (tertiary/aromatic N) is 1. The molecule has 0 spiro atoms. The third-order valence-corrected chi connectivity index (χ3v) is 4.18. The Morgan fingerprint density at radius 2 is 2.18 bits per heavy atom. The molecule has 1 aliphatic rings. The molecule has 2 nitrogen and oxygen atoms in total. The van der Waals surface area contributed by atoms with Crippen molar-refractivity contribution >= 4 is 17.3 Å². The summed E-state index contributed by atoms with van der Waals surface area (Å²) in [5.41, 5.74) is 2.40. The number of aryl methyl sites for hydroxylation is 1. The minimum absolute atomic E-state index is 0.569. The number of hydrogen-bond acceptors (Lipinski definition) is 2. The van der Waals surface area contributed by atoms with E-state index in [2.05, 4.69) is 42.4 Å². The molecule has 17 heavy (non-hydrogen) atoms. The minimum Gasteiger partial charge on any atom is -0.369 e. The fourth-order valence-corrected chi connectivity index (χ4v) is 2.75. The number of nitrogens with one attached hydrogen (secondary N) is 1. The van der Waals surface area contributed by atoms with Crippen molar-refractivity contribution in [2.24, 2.45) is 0 Å². The molecule has 0 aromatic heterocycles. The van der Waals surface area contributed by atoms with Crippen molar-refractivity contribution in [1.82, 2.24) is 5.32 Å². The Hall–Kier alpha value is -0.730. The van der Waals surface area contributed by atoms with E-state index in [1.807, 2.05) is 6.92 Å². The molecule has 3 heteroatoms. The zero-order valence-electron chi connectivity index (χ0n) is 10.8. The summed E-state index contributed by atoms with van der Waals surface area (Å²) in [5, 5.41) is 4.24. The number of halogens is 1. The molecule has 0 aliphatic carbocycles. The van der Waals surface area contributed by atoms with Crippen molar-refractivity contribution in [3.05, 3.63) is 28.8 Å². The van der Waals surface area contributed by atoms with Crippen LogP contribution >= 0.6 is 11.6 Å². The predicted octanol–water partition coefficient (Wildman–Crippen LogP) is 3.23. The molecule has 1 N–H and O–H groups in total. The number of piperidine rings is 1. The van der Waals surface area contributed by atoms with Crippen molar-refractivity contribution in [3.63, 3.8) is 0 Å². The zero-order valence-corrected chi connectivity index (χ0v) is 11.6. The molecule has 1 saturated heterocycles. The fraction of sp³-hybridized carbons (Fsp3) is 0.571. The maximum Gasteiger partial charge on any atom is 0.0455 e. The van der Waals surface area contributed by atoms with E-state index in [4.69, 9.17) is 11.6 Å². The van der Waals surface area contributed by atoms with Gasteiger partial charge in [-0.05, 0) is 51.4 Å². The lowest BCUT2D eigenvalue weighted by molar-refractivity contribution is 0.387. The Balaban J connectivity index is 2.14. The van der Waals surface area contributed by atoms with Crippen LogP contribution in [-0.4, -0.2) is 25.7 Å². The first-order valence-electron chi connectivity index (χ1n) is 6.32. The standard InChI is InChI=1S/C14H21ClN2/c1-10-4-5-13(9-14(10)15)17-7-6-12(16-3)8-11(17)2/h4-5,9,11-12,16H,6-8H2,1-3H3. The van der Waals surface area contributed by atoms with Gasteiger partial charge < -0.3 is 10.2 Å². The van der Waals surface area contributed by atoms with E-state index in [1.54, 1.807) is 0 Å². The molecule has 1 aliphatic heterocycles. The topological polar surface area (TPSA) is 15.3 Å². The quantitative estimate of drug-likeness (QED) is 0.870. The van der Waals surface area contributed by atoms with Crippen LogP contribution in [0.4, 0.5) is 5.69 Å². The summed E-state index contributed by atoms with van der Waals surface area (Å²) in [5.74, 6) is 0. The highest BCUT2D eigenvalue weighted by molar-refractivity contribution is 6.31. The van der Waals surface area contributed by atoms with Gasteiger partial charge in [0, 0.05) is 29.3 Å². The monoisotopic (exact) mass is 252 g/mol. The lowest BCUT2D eigenvalue weighted by Crippen LogP contribution is -2.46. The second kappa shape index (κ2) is 5.28. The molecule has 0 bridgehead atoms. The smallest absolute Gasteiger partial charge is 0.0455 e. The van der Waals surface area contributed by atoms with Gasteiger partial charge in [0.2, 0.25) is 0 Å². The van der Waals surface area contributed by atoms with Gasteiger partial charge in [0.05, 0.1) is 0 Å². The van der Waals surface area contributed by atoms with Crippen molar-refractivity contribution in [1.29, 1.82) is 0 Å². The van der Waals surface area contributed by atoms with Crippen LogP contribution in [0.15, 0.2) is 18.2 Å². The van der Waals surface area contributed by atoms with Gasteiger partial charge in [-0.2, -0.15) is 0 Å². The summed E-state index contributed by atoms with van der Waals surface area (Å²) >= 11 is 6.20. The predicted molar refractivity (Wildman–Crippen MR) is 75.1 cm³/mol. The first-order valence-corrected chi connectivity index (χ1v) is 6.69. The van der Waals surface area contributed by atoms with Gasteiger partial charge in [0.25, 0.3) is 0 Å². The Bertz CT molecular complexity index is 392. The number of hydrogen-bond donors (Lipinski definition) is 1. The molecular weight excluding hydrogens is 232 g/mol. The number of rotatable bonds is 2. The molecular formula is C14H21ClN2. The van der Waals surface area contributed by atoms with Crippen molar-refractivity contribution in [2.45, 2.75) is 38.8 Å². The Morgan fingerprint density at radius 1 is 1.41 bits per heavy atom. The molecule has 0 saturated carbocycles. The Morgan fingerprint density at radius 3 is 2.76 bits per heavy atom. The van der Waals surface area contributed by atoms with E-state index in [-0.39, 0.29) is 0 Å². The molecule has 0 radical (unpaired) electrons. The highest BCUT2D eigenvalue weighted by atomic mass is 35.5. The van der Waals surface area contributed by atoms with E-state index in [0.717, 1.165) is 17.1 Å². The molecule has 1 aromatic rings. The van der Waals surface area contributed by atoms with Crippen molar-refractivity contribution in [2.75, 3.05) is 18.5 Å². The van der Waals surface area contributed by atoms with E-state index in [9.17, 15) is 0 Å². The second-order valence-electron chi connectivity index (χ2n) is 4.99. The van der Waals surface area contributed by atoms with Gasteiger partial charge in [0.1, 0.15) is 0 Å². The number of benzene rings is 1. The second-order valence-corrected chi connectivity index (χ2v) is 5.39. The summed E-state index contributed by atoms with van der Waals surface area (Å²) in [6.45, 7) is 5.44. The molecule has 2 atom stereocenters. The van der Waals surface area contributed by atoms with Crippen LogP contribution in [0.1, 0.15) is 25.3 Å². The summed E-state index contributed by atoms with van der Waals surface area (Å²) in [7, 11) is 2.05. The van der Waals surface area contributed by atoms with Crippen LogP contribution < -0.4 is 10.2 Å². The molecule has 2 rings (SSSR count). The summed E-state index contributed by atoms with van der Waals surface area (Å²) in [6.07, 6.45) is 2.40.